The molecule has 1 N–H and O–H groups in total. The lowest BCUT2D eigenvalue weighted by molar-refractivity contribution is -0.136. The van der Waals surface area contributed by atoms with E-state index in [1.54, 1.807) is 29.2 Å². The highest BCUT2D eigenvalue weighted by atomic mass is 16.3. The molecule has 1 atom stereocenters. The van der Waals surface area contributed by atoms with Crippen LogP contribution in [-0.2, 0) is 16.9 Å². The molecule has 29 heavy (non-hydrogen) atoms. The van der Waals surface area contributed by atoms with Crippen LogP contribution < -0.4 is 4.90 Å². The van der Waals surface area contributed by atoms with Crippen LogP contribution in [0.1, 0.15) is 39.0 Å². The maximum atomic E-state index is 13.3. The number of benzene rings is 2. The van der Waals surface area contributed by atoms with Crippen molar-refractivity contribution in [1.29, 1.82) is 0 Å². The van der Waals surface area contributed by atoms with Crippen LogP contribution in [0.3, 0.4) is 0 Å². The van der Waals surface area contributed by atoms with Crippen LogP contribution in [0.2, 0.25) is 0 Å². The van der Waals surface area contributed by atoms with Crippen LogP contribution in [0.25, 0.3) is 0 Å². The average Bonchev–Trinajstić information content (AvgIpc) is 2.92. The first-order valence-corrected chi connectivity index (χ1v) is 9.53. The Bertz CT molecular complexity index is 1090. The highest BCUT2D eigenvalue weighted by Gasteiger charge is 2.50. The summed E-state index contributed by atoms with van der Waals surface area (Å²) >= 11 is 0. The summed E-state index contributed by atoms with van der Waals surface area (Å²) in [7, 11) is 0. The van der Waals surface area contributed by atoms with Crippen molar-refractivity contribution < 1.29 is 14.7 Å². The second-order valence-corrected chi connectivity index (χ2v) is 7.53. The zero-order valence-corrected chi connectivity index (χ0v) is 16.4. The molecule has 0 spiro atoms. The van der Waals surface area contributed by atoms with E-state index in [0.717, 1.165) is 16.7 Å². The summed E-state index contributed by atoms with van der Waals surface area (Å²) in [5.74, 6) is -0.771. The molecule has 4 rings (SSSR count). The lowest BCUT2D eigenvalue weighted by Crippen LogP contribution is -2.41. The van der Waals surface area contributed by atoms with Gasteiger partial charge in [-0.3, -0.25) is 14.6 Å². The first kappa shape index (κ1) is 19.0. The van der Waals surface area contributed by atoms with E-state index < -0.39 is 11.5 Å². The molecule has 5 nitrogen and oxygen atoms in total. The van der Waals surface area contributed by atoms with Gasteiger partial charge in [-0.05, 0) is 43.2 Å². The maximum Gasteiger partial charge on any atom is 0.264 e. The van der Waals surface area contributed by atoms with E-state index in [-0.39, 0.29) is 12.2 Å². The monoisotopic (exact) mass is 386 g/mol. The van der Waals surface area contributed by atoms with E-state index in [2.05, 4.69) is 11.1 Å². The Morgan fingerprint density at radius 3 is 2.52 bits per heavy atom. The van der Waals surface area contributed by atoms with E-state index >= 15 is 0 Å². The lowest BCUT2D eigenvalue weighted by atomic mass is 9.88. The van der Waals surface area contributed by atoms with E-state index in [4.69, 9.17) is 0 Å². The molecule has 0 saturated carbocycles. The molecule has 0 fully saturated rings. The fourth-order valence-electron chi connectivity index (χ4n) is 3.90. The molecule has 0 aliphatic carbocycles. The van der Waals surface area contributed by atoms with Crippen molar-refractivity contribution in [2.24, 2.45) is 0 Å². The number of hydrogen-bond donors (Lipinski definition) is 1. The highest BCUT2D eigenvalue weighted by Crippen LogP contribution is 2.43. The summed E-state index contributed by atoms with van der Waals surface area (Å²) in [6, 6.07) is 16.4. The summed E-state index contributed by atoms with van der Waals surface area (Å²) in [6.07, 6.45) is 2.73. The van der Waals surface area contributed by atoms with Gasteiger partial charge in [0, 0.05) is 23.5 Å². The number of nitrogens with zero attached hydrogens (tertiary/aromatic N) is 2. The van der Waals surface area contributed by atoms with Gasteiger partial charge in [0.15, 0.2) is 11.4 Å². The normalized spacial score (nSPS) is 18.0. The molecule has 1 amide bonds. The van der Waals surface area contributed by atoms with Gasteiger partial charge in [-0.2, -0.15) is 0 Å². The van der Waals surface area contributed by atoms with Gasteiger partial charge >= 0.3 is 0 Å². The highest BCUT2D eigenvalue weighted by molar-refractivity contribution is 6.10. The minimum Gasteiger partial charge on any atom is -0.375 e. The Labute approximate surface area is 169 Å². The van der Waals surface area contributed by atoms with Crippen LogP contribution in [0.4, 0.5) is 5.69 Å². The van der Waals surface area contributed by atoms with Crippen molar-refractivity contribution in [3.8, 4) is 0 Å². The van der Waals surface area contributed by atoms with Gasteiger partial charge < -0.3 is 10.0 Å². The fraction of sp³-hybridized carbons (Fsp3) is 0.208. The molecule has 146 valence electrons. The Morgan fingerprint density at radius 2 is 1.79 bits per heavy atom. The number of fused-ring (bicyclic) bond motifs is 1. The smallest absolute Gasteiger partial charge is 0.264 e. The summed E-state index contributed by atoms with van der Waals surface area (Å²) in [6.45, 7) is 4.37. The molecule has 0 unspecified atom stereocenters. The Morgan fingerprint density at radius 1 is 1.07 bits per heavy atom. The minimum atomic E-state index is -1.88. The summed E-state index contributed by atoms with van der Waals surface area (Å²) in [5.41, 5.74) is 2.89. The lowest BCUT2D eigenvalue weighted by Gasteiger charge is -2.23. The van der Waals surface area contributed by atoms with E-state index in [1.807, 2.05) is 38.1 Å². The molecule has 1 aliphatic rings. The molecule has 2 aromatic carbocycles. The van der Waals surface area contributed by atoms with Gasteiger partial charge in [-0.15, -0.1) is 0 Å². The first-order valence-electron chi connectivity index (χ1n) is 9.53. The molecule has 2 heterocycles. The van der Waals surface area contributed by atoms with Crippen LogP contribution in [0.5, 0.6) is 0 Å². The van der Waals surface area contributed by atoms with E-state index in [0.29, 0.717) is 23.4 Å². The molecule has 1 aromatic heterocycles. The summed E-state index contributed by atoms with van der Waals surface area (Å²) in [4.78, 5) is 31.6. The number of pyridine rings is 1. The van der Waals surface area contributed by atoms with Crippen LogP contribution >= 0.6 is 0 Å². The summed E-state index contributed by atoms with van der Waals surface area (Å²) in [5, 5.41) is 11.4. The van der Waals surface area contributed by atoms with E-state index in [9.17, 15) is 14.7 Å². The van der Waals surface area contributed by atoms with Crippen molar-refractivity contribution in [2.75, 3.05) is 4.90 Å². The Hall–Kier alpha value is -3.31. The Kier molecular flexibility index (Phi) is 4.76. The third kappa shape index (κ3) is 3.34. The third-order valence-corrected chi connectivity index (χ3v) is 5.48. The number of carbonyl (C=O) groups is 2. The minimum absolute atomic E-state index is 0.300. The number of carbonyl (C=O) groups excluding carboxylic acids is 2. The predicted molar refractivity (Wildman–Crippen MR) is 111 cm³/mol. The number of aromatic nitrogens is 1. The quantitative estimate of drug-likeness (QED) is 0.679. The zero-order chi connectivity index (χ0) is 20.6. The van der Waals surface area contributed by atoms with Crippen LogP contribution in [-0.4, -0.2) is 21.8 Å². The number of rotatable bonds is 5. The number of para-hydroxylation sites is 1. The fourth-order valence-corrected chi connectivity index (χ4v) is 3.90. The largest absolute Gasteiger partial charge is 0.375 e. The number of anilines is 1. The number of amides is 1. The molecule has 0 radical (unpaired) electrons. The van der Waals surface area contributed by atoms with Crippen molar-refractivity contribution in [1.82, 2.24) is 4.98 Å². The Balaban J connectivity index is 1.69. The van der Waals surface area contributed by atoms with Crippen molar-refractivity contribution in [3.05, 3.63) is 94.8 Å². The molecular formula is C24H22N2O3. The van der Waals surface area contributed by atoms with Gasteiger partial charge in [-0.25, -0.2) is 0 Å². The molecule has 3 aromatic rings. The molecule has 1 aliphatic heterocycles. The summed E-state index contributed by atoms with van der Waals surface area (Å²) < 4.78 is 0. The molecular weight excluding hydrogens is 364 g/mol. The number of aliphatic hydroxyl groups is 1. The second-order valence-electron chi connectivity index (χ2n) is 7.53. The first-order chi connectivity index (χ1) is 13.9. The number of aryl methyl sites for hydroxylation is 2. The molecule has 5 heteroatoms. The van der Waals surface area contributed by atoms with Gasteiger partial charge in [0.1, 0.15) is 0 Å². The second kappa shape index (κ2) is 7.26. The standard InChI is InChI=1S/C24H22N2O3/c1-16-7-8-19(17(2)13-16)15-26-21-6-4-3-5-20(21)24(29,23(26)28)14-22(27)18-9-11-25-12-10-18/h3-13,29H,14-15H2,1-2H3/t24-/m1/s1. The topological polar surface area (TPSA) is 70.5 Å². The average molecular weight is 386 g/mol. The maximum absolute atomic E-state index is 13.3. The van der Waals surface area contributed by atoms with Crippen LogP contribution in [0.15, 0.2) is 67.0 Å². The van der Waals surface area contributed by atoms with Crippen molar-refractivity contribution in [2.45, 2.75) is 32.4 Å². The van der Waals surface area contributed by atoms with Crippen molar-refractivity contribution in [3.63, 3.8) is 0 Å². The molecule has 0 bridgehead atoms. The van der Waals surface area contributed by atoms with Gasteiger partial charge in [0.2, 0.25) is 0 Å². The predicted octanol–water partition coefficient (Wildman–Crippen LogP) is 3.71. The number of Topliss-reactive ketones (excluding diaryl/α,β-unsaturated/α-hetero) is 1. The van der Waals surface area contributed by atoms with Gasteiger partial charge in [0.05, 0.1) is 18.7 Å². The zero-order valence-electron chi connectivity index (χ0n) is 16.4. The van der Waals surface area contributed by atoms with Crippen LogP contribution in [0, 0.1) is 13.8 Å². The third-order valence-electron chi connectivity index (χ3n) is 5.48. The molecule has 0 saturated heterocycles. The van der Waals surface area contributed by atoms with Gasteiger partial charge in [-0.1, -0.05) is 42.0 Å². The number of hydrogen-bond acceptors (Lipinski definition) is 4. The number of ketones is 1. The van der Waals surface area contributed by atoms with E-state index in [1.165, 1.54) is 12.4 Å². The van der Waals surface area contributed by atoms with Gasteiger partial charge in [0.25, 0.3) is 5.91 Å². The van der Waals surface area contributed by atoms with Crippen molar-refractivity contribution >= 4 is 17.4 Å². The SMILES string of the molecule is Cc1ccc(CN2C(=O)[C@@](O)(CC(=O)c3ccncc3)c3ccccc32)c(C)c1.